The van der Waals surface area contributed by atoms with Crippen LogP contribution in [0.2, 0.25) is 0 Å². The van der Waals surface area contributed by atoms with Gasteiger partial charge in [0, 0.05) is 0 Å². The number of carbonyl (C=O) groups is 2. The molecule has 1 atom stereocenters. The van der Waals surface area contributed by atoms with Crippen LogP contribution in [-0.4, -0.2) is 17.0 Å². The molecule has 6 heteroatoms. The summed E-state index contributed by atoms with van der Waals surface area (Å²) in [5.74, 6) is -1.74. The zero-order valence-corrected chi connectivity index (χ0v) is 12.8. The Hall–Kier alpha value is -2.21. The van der Waals surface area contributed by atoms with E-state index < -0.39 is 17.8 Å². The second-order valence-electron chi connectivity index (χ2n) is 4.80. The van der Waals surface area contributed by atoms with E-state index in [9.17, 15) is 14.0 Å². The van der Waals surface area contributed by atoms with Gasteiger partial charge in [-0.1, -0.05) is 19.1 Å². The van der Waals surface area contributed by atoms with Crippen LogP contribution in [0.25, 0.3) is 0 Å². The summed E-state index contributed by atoms with van der Waals surface area (Å²) < 4.78 is 13.0. The number of rotatable bonds is 6. The Morgan fingerprint density at radius 2 is 1.95 bits per heavy atom. The third-order valence-electron chi connectivity index (χ3n) is 3.29. The van der Waals surface area contributed by atoms with Crippen molar-refractivity contribution in [2.75, 3.05) is 0 Å². The number of aryl methyl sites for hydroxylation is 1. The molecule has 1 aromatic heterocycles. The first-order valence-corrected chi connectivity index (χ1v) is 7.73. The topological polar surface area (TPSA) is 66.4 Å². The number of halogens is 1. The lowest BCUT2D eigenvalue weighted by molar-refractivity contribution is -0.137. The Kier molecular flexibility index (Phi) is 5.27. The number of nitrogens with one attached hydrogen (secondary N) is 1. The summed E-state index contributed by atoms with van der Waals surface area (Å²) in [7, 11) is 0. The summed E-state index contributed by atoms with van der Waals surface area (Å²) in [6.45, 7) is 1.95. The molecule has 0 saturated carbocycles. The number of thiophene rings is 1. The first kappa shape index (κ1) is 16.2. The minimum atomic E-state index is -1.03. The monoisotopic (exact) mass is 321 g/mol. The van der Waals surface area contributed by atoms with Crippen LogP contribution in [0.4, 0.5) is 4.39 Å². The number of hydrogen-bond donors (Lipinski definition) is 2. The maximum Gasteiger partial charge on any atom is 0.305 e. The number of carboxylic acid groups (broad SMARTS) is 1. The molecule has 2 aromatic rings. The second kappa shape index (κ2) is 7.17. The molecule has 4 nitrogen and oxygen atoms in total. The standard InChI is InChI=1S/C16H16FNO3S/c1-2-10-7-8-22-15(10)16(21)18-13(9-14(19)20)11-3-5-12(17)6-4-11/h3-8,13H,2,9H2,1H3,(H,18,21)(H,19,20). The third kappa shape index (κ3) is 3.92. The number of amides is 1. The van der Waals surface area contributed by atoms with Gasteiger partial charge in [-0.3, -0.25) is 9.59 Å². The summed E-state index contributed by atoms with van der Waals surface area (Å²) in [5, 5.41) is 13.6. The fourth-order valence-corrected chi connectivity index (χ4v) is 3.06. The van der Waals surface area contributed by atoms with E-state index in [4.69, 9.17) is 5.11 Å². The smallest absolute Gasteiger partial charge is 0.305 e. The van der Waals surface area contributed by atoms with E-state index >= 15 is 0 Å². The molecule has 0 radical (unpaired) electrons. The molecule has 1 heterocycles. The Bertz CT molecular complexity index is 666. The summed E-state index contributed by atoms with van der Waals surface area (Å²) in [5.41, 5.74) is 1.49. The Morgan fingerprint density at radius 1 is 1.27 bits per heavy atom. The van der Waals surface area contributed by atoms with E-state index in [0.717, 1.165) is 12.0 Å². The first-order chi connectivity index (χ1) is 10.5. The van der Waals surface area contributed by atoms with Crippen LogP contribution < -0.4 is 5.32 Å². The van der Waals surface area contributed by atoms with Gasteiger partial charge in [-0.15, -0.1) is 11.3 Å². The van der Waals surface area contributed by atoms with Gasteiger partial charge in [0.1, 0.15) is 5.82 Å². The van der Waals surface area contributed by atoms with Crippen LogP contribution >= 0.6 is 11.3 Å². The highest BCUT2D eigenvalue weighted by molar-refractivity contribution is 7.12. The highest BCUT2D eigenvalue weighted by atomic mass is 32.1. The average molecular weight is 321 g/mol. The lowest BCUT2D eigenvalue weighted by Gasteiger charge is -2.17. The normalized spacial score (nSPS) is 11.9. The van der Waals surface area contributed by atoms with Crippen molar-refractivity contribution >= 4 is 23.2 Å². The molecular formula is C16H16FNO3S. The fraction of sp³-hybridized carbons (Fsp3) is 0.250. The molecule has 0 saturated heterocycles. The van der Waals surface area contributed by atoms with Gasteiger partial charge in [-0.2, -0.15) is 0 Å². The van der Waals surface area contributed by atoms with E-state index in [1.807, 2.05) is 18.4 Å². The molecule has 1 aromatic carbocycles. The minimum Gasteiger partial charge on any atom is -0.481 e. The summed E-state index contributed by atoms with van der Waals surface area (Å²) in [4.78, 5) is 24.0. The van der Waals surface area contributed by atoms with Crippen molar-refractivity contribution in [1.29, 1.82) is 0 Å². The number of hydrogen-bond acceptors (Lipinski definition) is 3. The summed E-state index contributed by atoms with van der Waals surface area (Å²) in [6.07, 6.45) is 0.469. The molecule has 0 fully saturated rings. The molecular weight excluding hydrogens is 305 g/mol. The maximum absolute atomic E-state index is 13.0. The van der Waals surface area contributed by atoms with Crippen LogP contribution in [0, 0.1) is 5.82 Å². The Labute approximate surface area is 131 Å². The lowest BCUT2D eigenvalue weighted by Crippen LogP contribution is -2.30. The van der Waals surface area contributed by atoms with Crippen molar-refractivity contribution in [3.8, 4) is 0 Å². The van der Waals surface area contributed by atoms with E-state index in [1.54, 1.807) is 0 Å². The number of carboxylic acids is 1. The second-order valence-corrected chi connectivity index (χ2v) is 5.72. The minimum absolute atomic E-state index is 0.260. The molecule has 1 amide bonds. The van der Waals surface area contributed by atoms with Crippen LogP contribution in [0.5, 0.6) is 0 Å². The highest BCUT2D eigenvalue weighted by Crippen LogP contribution is 2.21. The van der Waals surface area contributed by atoms with Crippen molar-refractivity contribution in [3.05, 3.63) is 57.5 Å². The van der Waals surface area contributed by atoms with Crippen LogP contribution in [-0.2, 0) is 11.2 Å². The molecule has 116 valence electrons. The largest absolute Gasteiger partial charge is 0.481 e. The summed E-state index contributed by atoms with van der Waals surface area (Å²) in [6, 6.07) is 6.65. The van der Waals surface area contributed by atoms with Crippen molar-refractivity contribution in [2.24, 2.45) is 0 Å². The van der Waals surface area contributed by atoms with Gasteiger partial charge in [0.25, 0.3) is 5.91 Å². The molecule has 0 aliphatic rings. The zero-order valence-electron chi connectivity index (χ0n) is 12.0. The van der Waals surface area contributed by atoms with Gasteiger partial charge in [-0.25, -0.2) is 4.39 Å². The molecule has 0 spiro atoms. The van der Waals surface area contributed by atoms with Crippen molar-refractivity contribution < 1.29 is 19.1 Å². The van der Waals surface area contributed by atoms with Gasteiger partial charge in [0.05, 0.1) is 17.3 Å². The van der Waals surface area contributed by atoms with Crippen molar-refractivity contribution in [1.82, 2.24) is 5.32 Å². The molecule has 0 aliphatic carbocycles. The average Bonchev–Trinajstić information content (AvgIpc) is 2.95. The molecule has 22 heavy (non-hydrogen) atoms. The number of aliphatic carboxylic acids is 1. The number of benzene rings is 1. The van der Waals surface area contributed by atoms with E-state index in [1.165, 1.54) is 35.6 Å². The number of carbonyl (C=O) groups excluding carboxylic acids is 1. The maximum atomic E-state index is 13.0. The predicted molar refractivity (Wildman–Crippen MR) is 82.6 cm³/mol. The summed E-state index contributed by atoms with van der Waals surface area (Å²) >= 11 is 1.32. The molecule has 2 N–H and O–H groups in total. The van der Waals surface area contributed by atoms with Gasteiger partial charge in [0.2, 0.25) is 0 Å². The van der Waals surface area contributed by atoms with Gasteiger partial charge < -0.3 is 10.4 Å². The third-order valence-corrected chi connectivity index (χ3v) is 4.25. The zero-order chi connectivity index (χ0) is 16.1. The van der Waals surface area contributed by atoms with E-state index in [-0.39, 0.29) is 12.3 Å². The Balaban J connectivity index is 2.21. The first-order valence-electron chi connectivity index (χ1n) is 6.85. The lowest BCUT2D eigenvalue weighted by atomic mass is 10.0. The van der Waals surface area contributed by atoms with Crippen LogP contribution in [0.1, 0.15) is 40.2 Å². The predicted octanol–water partition coefficient (Wildman–Crippen LogP) is 3.40. The SMILES string of the molecule is CCc1ccsc1C(=O)NC(CC(=O)O)c1ccc(F)cc1. The highest BCUT2D eigenvalue weighted by Gasteiger charge is 2.21. The van der Waals surface area contributed by atoms with Crippen LogP contribution in [0.3, 0.4) is 0 Å². The fourth-order valence-electron chi connectivity index (χ4n) is 2.16. The van der Waals surface area contributed by atoms with Crippen LogP contribution in [0.15, 0.2) is 35.7 Å². The van der Waals surface area contributed by atoms with E-state index in [2.05, 4.69) is 5.32 Å². The molecule has 2 rings (SSSR count). The van der Waals surface area contributed by atoms with Crippen molar-refractivity contribution in [2.45, 2.75) is 25.8 Å². The Morgan fingerprint density at radius 3 is 2.55 bits per heavy atom. The van der Waals surface area contributed by atoms with E-state index in [0.29, 0.717) is 10.4 Å². The van der Waals surface area contributed by atoms with Gasteiger partial charge in [-0.05, 0) is 41.1 Å². The van der Waals surface area contributed by atoms with Gasteiger partial charge in [0.15, 0.2) is 0 Å². The molecule has 0 aliphatic heterocycles. The quantitative estimate of drug-likeness (QED) is 0.857. The van der Waals surface area contributed by atoms with Crippen molar-refractivity contribution in [3.63, 3.8) is 0 Å². The molecule has 0 bridgehead atoms. The molecule has 1 unspecified atom stereocenters. The van der Waals surface area contributed by atoms with Gasteiger partial charge >= 0.3 is 5.97 Å².